The van der Waals surface area contributed by atoms with E-state index in [1.807, 2.05) is 38.1 Å². The van der Waals surface area contributed by atoms with Crippen LogP contribution in [0, 0.1) is 13.8 Å². The first-order valence-electron chi connectivity index (χ1n) is 7.41. The predicted octanol–water partition coefficient (Wildman–Crippen LogP) is 2.23. The minimum absolute atomic E-state index is 0.288. The maximum Gasteiger partial charge on any atom is 0.125 e. The summed E-state index contributed by atoms with van der Waals surface area (Å²) in [6, 6.07) is 6.02. The number of hydrogen-bond acceptors (Lipinski definition) is 4. The lowest BCUT2D eigenvalue weighted by atomic mass is 10.1. The first-order valence-corrected chi connectivity index (χ1v) is 7.41. The van der Waals surface area contributed by atoms with Gasteiger partial charge in [0.2, 0.25) is 0 Å². The summed E-state index contributed by atoms with van der Waals surface area (Å²) in [4.78, 5) is 0. The SMILES string of the molecule is C=CCCOCCNCC(O)COc1c(C)cccc1C. The van der Waals surface area contributed by atoms with Crippen LogP contribution in [0.2, 0.25) is 0 Å². The highest BCUT2D eigenvalue weighted by atomic mass is 16.5. The highest BCUT2D eigenvalue weighted by molar-refractivity contribution is 5.39. The summed E-state index contributed by atoms with van der Waals surface area (Å²) in [6.45, 7) is 10.5. The molecule has 21 heavy (non-hydrogen) atoms. The predicted molar refractivity (Wildman–Crippen MR) is 85.9 cm³/mol. The summed E-state index contributed by atoms with van der Waals surface area (Å²) < 4.78 is 11.1. The third-order valence-electron chi connectivity index (χ3n) is 3.10. The van der Waals surface area contributed by atoms with Crippen LogP contribution >= 0.6 is 0 Å². The molecule has 2 N–H and O–H groups in total. The van der Waals surface area contributed by atoms with Crippen LogP contribution in [-0.4, -0.2) is 44.1 Å². The van der Waals surface area contributed by atoms with Crippen molar-refractivity contribution in [2.24, 2.45) is 0 Å². The Hall–Kier alpha value is -1.36. The van der Waals surface area contributed by atoms with E-state index in [-0.39, 0.29) is 6.61 Å². The normalized spacial score (nSPS) is 12.1. The lowest BCUT2D eigenvalue weighted by Gasteiger charge is -2.16. The molecule has 0 saturated carbocycles. The lowest BCUT2D eigenvalue weighted by Crippen LogP contribution is -2.33. The summed E-state index contributed by atoms with van der Waals surface area (Å²) in [5.41, 5.74) is 2.18. The van der Waals surface area contributed by atoms with E-state index in [9.17, 15) is 5.11 Å². The number of benzene rings is 1. The molecule has 0 aliphatic heterocycles. The van der Waals surface area contributed by atoms with Gasteiger partial charge in [-0.3, -0.25) is 0 Å². The molecule has 1 aromatic rings. The average molecular weight is 293 g/mol. The van der Waals surface area contributed by atoms with Crippen molar-refractivity contribution in [1.29, 1.82) is 0 Å². The van der Waals surface area contributed by atoms with E-state index in [2.05, 4.69) is 11.9 Å². The first-order chi connectivity index (χ1) is 10.1. The number of ether oxygens (including phenoxy) is 2. The van der Waals surface area contributed by atoms with Crippen molar-refractivity contribution in [3.05, 3.63) is 42.0 Å². The summed E-state index contributed by atoms with van der Waals surface area (Å²) in [5.74, 6) is 0.865. The second kappa shape index (κ2) is 10.4. The zero-order valence-electron chi connectivity index (χ0n) is 13.1. The molecule has 0 bridgehead atoms. The van der Waals surface area contributed by atoms with Gasteiger partial charge in [0.1, 0.15) is 18.5 Å². The minimum Gasteiger partial charge on any atom is -0.490 e. The van der Waals surface area contributed by atoms with Gasteiger partial charge in [0, 0.05) is 13.1 Å². The summed E-state index contributed by atoms with van der Waals surface area (Å²) in [7, 11) is 0. The van der Waals surface area contributed by atoms with Gasteiger partial charge in [0.05, 0.1) is 13.2 Å². The van der Waals surface area contributed by atoms with Crippen molar-refractivity contribution >= 4 is 0 Å². The number of aryl methyl sites for hydroxylation is 2. The van der Waals surface area contributed by atoms with Crippen molar-refractivity contribution in [2.45, 2.75) is 26.4 Å². The Morgan fingerprint density at radius 3 is 2.67 bits per heavy atom. The van der Waals surface area contributed by atoms with Gasteiger partial charge in [-0.15, -0.1) is 6.58 Å². The van der Waals surface area contributed by atoms with Crippen LogP contribution in [0.5, 0.6) is 5.75 Å². The summed E-state index contributed by atoms with van der Waals surface area (Å²) in [6.07, 6.45) is 2.17. The molecule has 1 aromatic carbocycles. The van der Waals surface area contributed by atoms with Gasteiger partial charge in [0.25, 0.3) is 0 Å². The number of rotatable bonds is 11. The van der Waals surface area contributed by atoms with Crippen molar-refractivity contribution in [1.82, 2.24) is 5.32 Å². The van der Waals surface area contributed by atoms with Gasteiger partial charge < -0.3 is 19.9 Å². The van der Waals surface area contributed by atoms with Gasteiger partial charge in [-0.05, 0) is 31.4 Å². The molecule has 1 unspecified atom stereocenters. The Kier molecular flexibility index (Phi) is 8.74. The zero-order valence-corrected chi connectivity index (χ0v) is 13.1. The van der Waals surface area contributed by atoms with Gasteiger partial charge in [-0.25, -0.2) is 0 Å². The highest BCUT2D eigenvalue weighted by Gasteiger charge is 2.08. The molecule has 0 heterocycles. The fourth-order valence-corrected chi connectivity index (χ4v) is 1.95. The smallest absolute Gasteiger partial charge is 0.125 e. The van der Waals surface area contributed by atoms with Crippen LogP contribution in [-0.2, 0) is 4.74 Å². The third-order valence-corrected chi connectivity index (χ3v) is 3.10. The largest absolute Gasteiger partial charge is 0.490 e. The fraction of sp³-hybridized carbons (Fsp3) is 0.529. The average Bonchev–Trinajstić information content (AvgIpc) is 2.46. The van der Waals surface area contributed by atoms with Crippen molar-refractivity contribution < 1.29 is 14.6 Å². The zero-order chi connectivity index (χ0) is 15.5. The second-order valence-electron chi connectivity index (χ2n) is 5.08. The minimum atomic E-state index is -0.530. The van der Waals surface area contributed by atoms with E-state index in [1.165, 1.54) is 0 Å². The van der Waals surface area contributed by atoms with E-state index >= 15 is 0 Å². The van der Waals surface area contributed by atoms with E-state index in [4.69, 9.17) is 9.47 Å². The Morgan fingerprint density at radius 2 is 2.00 bits per heavy atom. The van der Waals surface area contributed by atoms with Crippen LogP contribution in [0.15, 0.2) is 30.9 Å². The first kappa shape index (κ1) is 17.7. The monoisotopic (exact) mass is 293 g/mol. The van der Waals surface area contributed by atoms with Crippen LogP contribution in [0.25, 0.3) is 0 Å². The number of hydrogen-bond donors (Lipinski definition) is 2. The number of aliphatic hydroxyl groups excluding tert-OH is 1. The Bertz CT molecular complexity index is 400. The van der Waals surface area contributed by atoms with Crippen LogP contribution in [0.3, 0.4) is 0 Å². The second-order valence-corrected chi connectivity index (χ2v) is 5.08. The topological polar surface area (TPSA) is 50.7 Å². The molecule has 0 amide bonds. The van der Waals surface area contributed by atoms with Crippen molar-refractivity contribution in [2.75, 3.05) is 32.9 Å². The van der Waals surface area contributed by atoms with Crippen LogP contribution in [0.1, 0.15) is 17.5 Å². The summed E-state index contributed by atoms with van der Waals surface area (Å²) in [5, 5.41) is 13.0. The van der Waals surface area contributed by atoms with Gasteiger partial charge in [-0.1, -0.05) is 24.3 Å². The molecule has 0 aliphatic carbocycles. The van der Waals surface area contributed by atoms with Crippen molar-refractivity contribution in [3.63, 3.8) is 0 Å². The Morgan fingerprint density at radius 1 is 1.29 bits per heavy atom. The van der Waals surface area contributed by atoms with Crippen molar-refractivity contribution in [3.8, 4) is 5.75 Å². The third kappa shape index (κ3) is 7.27. The maximum atomic E-state index is 9.89. The van der Waals surface area contributed by atoms with E-state index in [0.717, 1.165) is 29.8 Å². The number of nitrogens with one attached hydrogen (secondary N) is 1. The van der Waals surface area contributed by atoms with E-state index < -0.39 is 6.10 Å². The lowest BCUT2D eigenvalue weighted by molar-refractivity contribution is 0.0987. The standard InChI is InChI=1S/C17H27NO3/c1-4-5-10-20-11-9-18-12-16(19)13-21-17-14(2)7-6-8-15(17)3/h4,6-8,16,18-19H,1,5,9-13H2,2-3H3. The van der Waals surface area contributed by atoms with Gasteiger partial charge >= 0.3 is 0 Å². The van der Waals surface area contributed by atoms with Crippen LogP contribution < -0.4 is 10.1 Å². The Balaban J connectivity index is 2.14. The molecule has 0 spiro atoms. The molecule has 0 fully saturated rings. The molecule has 0 aromatic heterocycles. The van der Waals surface area contributed by atoms with Gasteiger partial charge in [0.15, 0.2) is 0 Å². The molecule has 4 heteroatoms. The van der Waals surface area contributed by atoms with E-state index in [1.54, 1.807) is 0 Å². The molecular weight excluding hydrogens is 266 g/mol. The molecule has 4 nitrogen and oxygen atoms in total. The van der Waals surface area contributed by atoms with Gasteiger partial charge in [-0.2, -0.15) is 0 Å². The number of aliphatic hydroxyl groups is 1. The molecule has 0 saturated heterocycles. The summed E-state index contributed by atoms with van der Waals surface area (Å²) >= 11 is 0. The van der Waals surface area contributed by atoms with E-state index in [0.29, 0.717) is 19.8 Å². The van der Waals surface area contributed by atoms with Crippen LogP contribution in [0.4, 0.5) is 0 Å². The number of para-hydroxylation sites is 1. The molecule has 1 rings (SSSR count). The molecule has 1 atom stereocenters. The molecule has 0 aliphatic rings. The quantitative estimate of drug-likeness (QED) is 0.485. The fourth-order valence-electron chi connectivity index (χ4n) is 1.95. The highest BCUT2D eigenvalue weighted by Crippen LogP contribution is 2.22. The Labute approximate surface area is 127 Å². The molecule has 118 valence electrons. The molecule has 0 radical (unpaired) electrons. The molecular formula is C17H27NO3. The maximum absolute atomic E-state index is 9.89.